The molecule has 2 heterocycles. The third kappa shape index (κ3) is 3.85. The number of nitrogens with zero attached hydrogens (tertiary/aromatic N) is 2. The summed E-state index contributed by atoms with van der Waals surface area (Å²) in [5, 5.41) is 7.78. The minimum absolute atomic E-state index is 0.0273. The number of carbonyl (C=O) groups excluding carboxylic acids is 1. The van der Waals surface area contributed by atoms with E-state index in [1.165, 1.54) is 18.3 Å². The van der Waals surface area contributed by atoms with E-state index in [0.29, 0.717) is 22.8 Å². The van der Waals surface area contributed by atoms with Crippen LogP contribution in [0, 0.1) is 11.3 Å². The van der Waals surface area contributed by atoms with Crippen molar-refractivity contribution in [2.75, 3.05) is 10.0 Å². The van der Waals surface area contributed by atoms with Gasteiger partial charge in [-0.2, -0.15) is 5.10 Å². The lowest BCUT2D eigenvalue weighted by Gasteiger charge is -2.33. The first-order valence-corrected chi connectivity index (χ1v) is 11.7. The summed E-state index contributed by atoms with van der Waals surface area (Å²) in [7, 11) is -3.75. The van der Waals surface area contributed by atoms with E-state index in [1.54, 1.807) is 35.0 Å². The molecule has 1 saturated carbocycles. The minimum atomic E-state index is -3.75. The fourth-order valence-electron chi connectivity index (χ4n) is 4.20. The van der Waals surface area contributed by atoms with Crippen LogP contribution in [0.3, 0.4) is 0 Å². The van der Waals surface area contributed by atoms with Crippen molar-refractivity contribution in [1.29, 1.82) is 0 Å². The number of hydrogen-bond donors (Lipinski definition) is 3. The van der Waals surface area contributed by atoms with E-state index >= 15 is 0 Å². The molecule has 164 valence electrons. The molecular weight excluding hydrogens is 414 g/mol. The van der Waals surface area contributed by atoms with Crippen molar-refractivity contribution >= 4 is 32.8 Å². The molecule has 0 bridgehead atoms. The van der Waals surface area contributed by atoms with Gasteiger partial charge in [0.25, 0.3) is 15.9 Å². The number of aromatic nitrogens is 2. The van der Waals surface area contributed by atoms with Gasteiger partial charge in [-0.25, -0.2) is 12.9 Å². The van der Waals surface area contributed by atoms with Gasteiger partial charge in [0.05, 0.1) is 39.7 Å². The Balaban J connectivity index is 1.74. The highest BCUT2D eigenvalue weighted by molar-refractivity contribution is 7.92. The number of anilines is 2. The summed E-state index contributed by atoms with van der Waals surface area (Å²) in [6.45, 7) is 6.65. The molecule has 0 spiro atoms. The van der Waals surface area contributed by atoms with E-state index in [0.717, 1.165) is 12.8 Å². The summed E-state index contributed by atoms with van der Waals surface area (Å²) in [6.07, 6.45) is 5.04. The molecule has 0 aliphatic heterocycles. The van der Waals surface area contributed by atoms with Crippen molar-refractivity contribution in [3.63, 3.8) is 0 Å². The van der Waals surface area contributed by atoms with Crippen molar-refractivity contribution in [3.8, 4) is 0 Å². The first-order valence-electron chi connectivity index (χ1n) is 10.2. The van der Waals surface area contributed by atoms with Crippen molar-refractivity contribution in [2.24, 2.45) is 17.1 Å². The molecule has 9 heteroatoms. The van der Waals surface area contributed by atoms with Crippen molar-refractivity contribution in [3.05, 3.63) is 54.4 Å². The van der Waals surface area contributed by atoms with E-state index in [1.807, 2.05) is 0 Å². The standard InChI is InChI=1S/C22H27N5O3S/c1-14-9-10-19(22(14,2)3)25-20-17(21(23)28)12-24-27-13-15(11-18(20)27)26-31(29,30)16-7-5-4-6-8-16/h4-8,11-14,19,25-26H,9-10H2,1-3H3,(H2,23,28)/t14-,19+/m0/s1. The van der Waals surface area contributed by atoms with Crippen LogP contribution >= 0.6 is 0 Å². The van der Waals surface area contributed by atoms with E-state index in [-0.39, 0.29) is 21.9 Å². The maximum atomic E-state index is 12.7. The van der Waals surface area contributed by atoms with Gasteiger partial charge in [0.15, 0.2) is 0 Å². The zero-order valence-corrected chi connectivity index (χ0v) is 18.6. The van der Waals surface area contributed by atoms with Crippen LogP contribution in [0.4, 0.5) is 11.4 Å². The Morgan fingerprint density at radius 3 is 2.55 bits per heavy atom. The van der Waals surface area contributed by atoms with E-state index in [4.69, 9.17) is 5.73 Å². The predicted octanol–water partition coefficient (Wildman–Crippen LogP) is 3.47. The highest BCUT2D eigenvalue weighted by Crippen LogP contribution is 2.44. The fourth-order valence-corrected chi connectivity index (χ4v) is 5.26. The summed E-state index contributed by atoms with van der Waals surface area (Å²) < 4.78 is 29.5. The average molecular weight is 442 g/mol. The number of nitrogens with one attached hydrogen (secondary N) is 2. The Morgan fingerprint density at radius 2 is 1.94 bits per heavy atom. The molecule has 3 aromatic rings. The van der Waals surface area contributed by atoms with Crippen LogP contribution in [-0.2, 0) is 10.0 Å². The smallest absolute Gasteiger partial charge is 0.261 e. The average Bonchev–Trinajstić information content (AvgIpc) is 3.23. The van der Waals surface area contributed by atoms with Crippen molar-refractivity contribution in [1.82, 2.24) is 9.61 Å². The van der Waals surface area contributed by atoms with Gasteiger partial charge in [-0.3, -0.25) is 9.52 Å². The van der Waals surface area contributed by atoms with Gasteiger partial charge in [-0.15, -0.1) is 0 Å². The van der Waals surface area contributed by atoms with Crippen molar-refractivity contribution in [2.45, 2.75) is 44.6 Å². The molecule has 2 atom stereocenters. The molecule has 1 aliphatic carbocycles. The molecule has 0 radical (unpaired) electrons. The summed E-state index contributed by atoms with van der Waals surface area (Å²) in [5.74, 6) is -0.0612. The van der Waals surface area contributed by atoms with Crippen LogP contribution in [0.15, 0.2) is 53.7 Å². The Labute approximate surface area is 181 Å². The quantitative estimate of drug-likeness (QED) is 0.541. The molecule has 31 heavy (non-hydrogen) atoms. The second-order valence-corrected chi connectivity index (χ2v) is 10.5. The van der Waals surface area contributed by atoms with Crippen LogP contribution < -0.4 is 15.8 Å². The number of fused-ring (bicyclic) bond motifs is 1. The normalized spacial score (nSPS) is 20.6. The number of amides is 1. The molecular formula is C22H27N5O3S. The number of hydrogen-bond acceptors (Lipinski definition) is 5. The number of carbonyl (C=O) groups is 1. The zero-order valence-electron chi connectivity index (χ0n) is 17.8. The lowest BCUT2D eigenvalue weighted by atomic mass is 9.80. The zero-order chi connectivity index (χ0) is 22.4. The maximum absolute atomic E-state index is 12.7. The number of nitrogens with two attached hydrogens (primary N) is 1. The molecule has 4 rings (SSSR count). The maximum Gasteiger partial charge on any atom is 0.261 e. The third-order valence-corrected chi connectivity index (χ3v) is 7.98. The predicted molar refractivity (Wildman–Crippen MR) is 121 cm³/mol. The first-order chi connectivity index (χ1) is 14.6. The second kappa shape index (κ2) is 7.56. The lowest BCUT2D eigenvalue weighted by Crippen LogP contribution is -2.35. The summed E-state index contributed by atoms with van der Waals surface area (Å²) >= 11 is 0. The van der Waals surface area contributed by atoms with Crippen molar-refractivity contribution < 1.29 is 13.2 Å². The Kier molecular flexibility index (Phi) is 5.17. The van der Waals surface area contributed by atoms with Gasteiger partial charge in [-0.05, 0) is 42.4 Å². The monoisotopic (exact) mass is 441 g/mol. The van der Waals surface area contributed by atoms with Crippen LogP contribution in [0.25, 0.3) is 5.52 Å². The van der Waals surface area contributed by atoms with E-state index in [2.05, 4.69) is 35.9 Å². The molecule has 0 unspecified atom stereocenters. The Hall–Kier alpha value is -3.07. The van der Waals surface area contributed by atoms with Crippen LogP contribution in [0.2, 0.25) is 0 Å². The first kappa shape index (κ1) is 21.2. The molecule has 1 amide bonds. The summed E-state index contributed by atoms with van der Waals surface area (Å²) in [4.78, 5) is 12.3. The Morgan fingerprint density at radius 1 is 1.23 bits per heavy atom. The van der Waals surface area contributed by atoms with Gasteiger partial charge >= 0.3 is 0 Å². The SMILES string of the molecule is C[C@H]1CC[C@@H](Nc2c(C(N)=O)cnn3cc(NS(=O)(=O)c4ccccc4)cc23)C1(C)C. The topological polar surface area (TPSA) is 119 Å². The molecule has 8 nitrogen and oxygen atoms in total. The number of rotatable bonds is 6. The molecule has 1 fully saturated rings. The molecule has 1 aliphatic rings. The lowest BCUT2D eigenvalue weighted by molar-refractivity contribution is 0.100. The van der Waals surface area contributed by atoms with E-state index in [9.17, 15) is 13.2 Å². The largest absolute Gasteiger partial charge is 0.379 e. The van der Waals surface area contributed by atoms with Gasteiger partial charge in [0.1, 0.15) is 0 Å². The molecule has 1 aromatic carbocycles. The molecule has 0 saturated heterocycles. The second-order valence-electron chi connectivity index (χ2n) is 8.77. The van der Waals surface area contributed by atoms with E-state index < -0.39 is 15.9 Å². The van der Waals surface area contributed by atoms with Gasteiger partial charge in [0.2, 0.25) is 0 Å². The molecule has 2 aromatic heterocycles. The van der Waals surface area contributed by atoms with Crippen LogP contribution in [-0.4, -0.2) is 30.0 Å². The highest BCUT2D eigenvalue weighted by Gasteiger charge is 2.41. The summed E-state index contributed by atoms with van der Waals surface area (Å²) in [5.41, 5.74) is 7.42. The fraction of sp³-hybridized carbons (Fsp3) is 0.364. The number of benzene rings is 1. The summed E-state index contributed by atoms with van der Waals surface area (Å²) in [6, 6.07) is 9.94. The van der Waals surface area contributed by atoms with Gasteiger partial charge < -0.3 is 11.1 Å². The van der Waals surface area contributed by atoms with Gasteiger partial charge in [0, 0.05) is 6.04 Å². The number of primary amides is 1. The molecule has 4 N–H and O–H groups in total. The Bertz CT molecular complexity index is 1230. The highest BCUT2D eigenvalue weighted by atomic mass is 32.2. The van der Waals surface area contributed by atoms with Gasteiger partial charge in [-0.1, -0.05) is 39.0 Å². The third-order valence-electron chi connectivity index (χ3n) is 6.58. The number of sulfonamides is 1. The van der Waals surface area contributed by atoms with Crippen LogP contribution in [0.5, 0.6) is 0 Å². The van der Waals surface area contributed by atoms with Crippen LogP contribution in [0.1, 0.15) is 44.0 Å². The minimum Gasteiger partial charge on any atom is -0.379 e.